The molecular weight excluding hydrogens is 390 g/mol. The van der Waals surface area contributed by atoms with E-state index >= 15 is 0 Å². The van der Waals surface area contributed by atoms with Crippen LogP contribution < -0.4 is 14.8 Å². The van der Waals surface area contributed by atoms with Crippen molar-refractivity contribution in [2.75, 3.05) is 0 Å². The highest BCUT2D eigenvalue weighted by molar-refractivity contribution is 7.89. The second-order valence-corrected chi connectivity index (χ2v) is 9.83. The summed E-state index contributed by atoms with van der Waals surface area (Å²) in [7, 11) is -3.74. The maximum atomic E-state index is 12.7. The molecule has 1 aromatic heterocycles. The van der Waals surface area contributed by atoms with Gasteiger partial charge in [0.25, 0.3) is 5.91 Å². The molecule has 0 fully saturated rings. The number of carbonyl (C=O) groups is 1. The van der Waals surface area contributed by atoms with Crippen LogP contribution in [0.25, 0.3) is 0 Å². The molecule has 158 valence electrons. The molecular formula is C21H29N3O4S. The molecule has 1 amide bonds. The smallest absolute Gasteiger partial charge is 0.251 e. The summed E-state index contributed by atoms with van der Waals surface area (Å²) >= 11 is 0. The predicted molar refractivity (Wildman–Crippen MR) is 112 cm³/mol. The lowest BCUT2D eigenvalue weighted by Crippen LogP contribution is -2.40. The van der Waals surface area contributed by atoms with Gasteiger partial charge < -0.3 is 10.1 Å². The van der Waals surface area contributed by atoms with Gasteiger partial charge >= 0.3 is 0 Å². The first kappa shape index (κ1) is 22.8. The fourth-order valence-electron chi connectivity index (χ4n) is 2.63. The number of aromatic nitrogens is 1. The van der Waals surface area contributed by atoms with Crippen molar-refractivity contribution in [1.29, 1.82) is 0 Å². The van der Waals surface area contributed by atoms with Gasteiger partial charge in [0.15, 0.2) is 0 Å². The molecule has 1 aromatic carbocycles. The van der Waals surface area contributed by atoms with Gasteiger partial charge in [-0.25, -0.2) is 18.1 Å². The Balaban J connectivity index is 2.22. The summed E-state index contributed by atoms with van der Waals surface area (Å²) in [5.41, 5.74) is 1.10. The molecule has 0 spiro atoms. The number of nitrogens with zero attached hydrogens (tertiary/aromatic N) is 1. The van der Waals surface area contributed by atoms with Gasteiger partial charge in [0.1, 0.15) is 0 Å². The van der Waals surface area contributed by atoms with Crippen molar-refractivity contribution < 1.29 is 17.9 Å². The van der Waals surface area contributed by atoms with Crippen LogP contribution in [0.15, 0.2) is 41.4 Å². The van der Waals surface area contributed by atoms with Crippen LogP contribution in [0.5, 0.6) is 5.88 Å². The summed E-state index contributed by atoms with van der Waals surface area (Å²) in [6.45, 7) is 11.1. The Morgan fingerprint density at radius 1 is 1.21 bits per heavy atom. The van der Waals surface area contributed by atoms with E-state index in [2.05, 4.69) is 15.0 Å². The average molecular weight is 420 g/mol. The van der Waals surface area contributed by atoms with E-state index < -0.39 is 15.6 Å². The molecule has 0 unspecified atom stereocenters. The summed E-state index contributed by atoms with van der Waals surface area (Å²) in [6, 6.07) is 8.12. The lowest BCUT2D eigenvalue weighted by atomic mass is 10.1. The van der Waals surface area contributed by atoms with Gasteiger partial charge in [0.2, 0.25) is 15.9 Å². The molecule has 0 saturated heterocycles. The molecule has 8 heteroatoms. The van der Waals surface area contributed by atoms with E-state index in [-0.39, 0.29) is 23.5 Å². The Hall–Kier alpha value is -2.45. The lowest BCUT2D eigenvalue weighted by molar-refractivity contribution is 0.0949. The van der Waals surface area contributed by atoms with Crippen molar-refractivity contribution in [3.8, 4) is 5.88 Å². The molecule has 2 rings (SSSR count). The number of nitrogens with one attached hydrogen (secondary N) is 2. The number of hydrogen-bond donors (Lipinski definition) is 2. The zero-order valence-corrected chi connectivity index (χ0v) is 18.6. The van der Waals surface area contributed by atoms with Crippen molar-refractivity contribution in [3.63, 3.8) is 0 Å². The largest absolute Gasteiger partial charge is 0.475 e. The van der Waals surface area contributed by atoms with Crippen LogP contribution in [-0.2, 0) is 16.6 Å². The Morgan fingerprint density at radius 3 is 2.52 bits per heavy atom. The third kappa shape index (κ3) is 6.54. The van der Waals surface area contributed by atoms with Gasteiger partial charge in [0, 0.05) is 29.4 Å². The van der Waals surface area contributed by atoms with E-state index in [0.717, 1.165) is 5.56 Å². The minimum absolute atomic E-state index is 0.0428. The Labute approximate surface area is 172 Å². The minimum Gasteiger partial charge on any atom is -0.475 e. The van der Waals surface area contributed by atoms with Crippen LogP contribution in [-0.4, -0.2) is 31.0 Å². The van der Waals surface area contributed by atoms with Gasteiger partial charge in [0.05, 0.1) is 11.0 Å². The number of carbonyl (C=O) groups excluding carboxylic acids is 1. The van der Waals surface area contributed by atoms with E-state index in [9.17, 15) is 13.2 Å². The van der Waals surface area contributed by atoms with Crippen molar-refractivity contribution >= 4 is 15.9 Å². The van der Waals surface area contributed by atoms with Crippen LogP contribution >= 0.6 is 0 Å². The van der Waals surface area contributed by atoms with Crippen molar-refractivity contribution in [1.82, 2.24) is 15.0 Å². The number of aryl methyl sites for hydroxylation is 1. The van der Waals surface area contributed by atoms with Crippen molar-refractivity contribution in [2.24, 2.45) is 0 Å². The zero-order chi connectivity index (χ0) is 21.8. The number of pyridine rings is 1. The fourth-order valence-corrected chi connectivity index (χ4v) is 4.08. The second-order valence-electron chi connectivity index (χ2n) is 8.15. The van der Waals surface area contributed by atoms with Gasteiger partial charge in [-0.05, 0) is 65.3 Å². The SMILES string of the molecule is Cc1ccc(S(=O)(=O)NC(C)(C)C)cc1C(=O)NCc1cccnc1OC(C)C. The molecule has 0 radical (unpaired) electrons. The molecule has 2 aromatic rings. The highest BCUT2D eigenvalue weighted by Gasteiger charge is 2.23. The number of benzene rings is 1. The molecule has 0 bridgehead atoms. The average Bonchev–Trinajstić information content (AvgIpc) is 2.58. The number of sulfonamides is 1. The van der Waals surface area contributed by atoms with Crippen molar-refractivity contribution in [2.45, 2.75) is 64.6 Å². The second kappa shape index (κ2) is 8.92. The third-order valence-corrected chi connectivity index (χ3v) is 5.60. The van der Waals surface area contributed by atoms with Crippen LogP contribution in [0, 0.1) is 6.92 Å². The molecule has 0 saturated carbocycles. The first-order chi connectivity index (χ1) is 13.4. The summed E-state index contributed by atoms with van der Waals surface area (Å²) in [5, 5.41) is 2.82. The van der Waals surface area contributed by atoms with E-state index in [0.29, 0.717) is 17.0 Å². The first-order valence-corrected chi connectivity index (χ1v) is 10.9. The Bertz CT molecular complexity index is 980. The summed E-state index contributed by atoms with van der Waals surface area (Å²) in [6.07, 6.45) is 1.59. The molecule has 7 nitrogen and oxygen atoms in total. The van der Waals surface area contributed by atoms with Gasteiger partial charge in [-0.2, -0.15) is 0 Å². The van der Waals surface area contributed by atoms with E-state index in [4.69, 9.17) is 4.74 Å². The Kier molecular flexibility index (Phi) is 7.02. The van der Waals surface area contributed by atoms with Gasteiger partial charge in [-0.3, -0.25) is 4.79 Å². The fraction of sp³-hybridized carbons (Fsp3) is 0.429. The zero-order valence-electron chi connectivity index (χ0n) is 17.7. The normalized spacial score (nSPS) is 12.1. The standard InChI is InChI=1S/C21H29N3O4S/c1-14(2)28-20-16(8-7-11-22-20)13-23-19(25)18-12-17(10-9-15(18)3)29(26,27)24-21(4,5)6/h7-12,14,24H,13H2,1-6H3,(H,23,25). The molecule has 0 aliphatic rings. The molecule has 1 heterocycles. The van der Waals surface area contributed by atoms with Crippen LogP contribution in [0.4, 0.5) is 0 Å². The maximum Gasteiger partial charge on any atom is 0.251 e. The van der Waals surface area contributed by atoms with Crippen molar-refractivity contribution in [3.05, 3.63) is 53.2 Å². The lowest BCUT2D eigenvalue weighted by Gasteiger charge is -2.20. The minimum atomic E-state index is -3.74. The number of ether oxygens (including phenoxy) is 1. The predicted octanol–water partition coefficient (Wildman–Crippen LogP) is 3.18. The van der Waals surface area contributed by atoms with E-state index in [1.165, 1.54) is 12.1 Å². The highest BCUT2D eigenvalue weighted by Crippen LogP contribution is 2.19. The van der Waals surface area contributed by atoms with Crippen LogP contribution in [0.2, 0.25) is 0 Å². The quantitative estimate of drug-likeness (QED) is 0.718. The monoisotopic (exact) mass is 419 g/mol. The molecule has 29 heavy (non-hydrogen) atoms. The topological polar surface area (TPSA) is 97.4 Å². The maximum absolute atomic E-state index is 12.7. The molecule has 2 N–H and O–H groups in total. The Morgan fingerprint density at radius 2 is 1.90 bits per heavy atom. The summed E-state index contributed by atoms with van der Waals surface area (Å²) in [5.74, 6) is 0.0971. The summed E-state index contributed by atoms with van der Waals surface area (Å²) < 4.78 is 33.4. The third-order valence-electron chi connectivity index (χ3n) is 3.84. The van der Waals surface area contributed by atoms with Gasteiger partial charge in [-0.15, -0.1) is 0 Å². The van der Waals surface area contributed by atoms with Crippen LogP contribution in [0.3, 0.4) is 0 Å². The number of rotatable bonds is 7. The van der Waals surface area contributed by atoms with E-state index in [1.807, 2.05) is 19.9 Å². The summed E-state index contributed by atoms with van der Waals surface area (Å²) in [4.78, 5) is 17.0. The first-order valence-electron chi connectivity index (χ1n) is 9.42. The molecule has 0 atom stereocenters. The van der Waals surface area contributed by atoms with Gasteiger partial charge in [-0.1, -0.05) is 12.1 Å². The molecule has 0 aliphatic heterocycles. The highest BCUT2D eigenvalue weighted by atomic mass is 32.2. The molecule has 0 aliphatic carbocycles. The van der Waals surface area contributed by atoms with E-state index in [1.54, 1.807) is 46.0 Å². The van der Waals surface area contributed by atoms with Crippen LogP contribution in [0.1, 0.15) is 56.1 Å². The number of amides is 1. The number of hydrogen-bond acceptors (Lipinski definition) is 5.